The molecule has 0 aliphatic rings. The summed E-state index contributed by atoms with van der Waals surface area (Å²) < 4.78 is 5.02. The molecular formula is C15H19NO5. The molecule has 0 aliphatic carbocycles. The van der Waals surface area contributed by atoms with Crippen molar-refractivity contribution in [2.45, 2.75) is 19.8 Å². The summed E-state index contributed by atoms with van der Waals surface area (Å²) in [5, 5.41) is 9.24. The fraction of sp³-hybridized carbons (Fsp3) is 0.400. The van der Waals surface area contributed by atoms with Crippen LogP contribution in [0, 0.1) is 11.8 Å². The molecule has 3 N–H and O–H groups in total. The molecule has 0 bridgehead atoms. The molecule has 2 unspecified atom stereocenters. The normalized spacial score (nSPS) is 13.2. The molecule has 0 heterocycles. The van der Waals surface area contributed by atoms with Crippen LogP contribution in [0.15, 0.2) is 24.3 Å². The zero-order valence-electron chi connectivity index (χ0n) is 12.0. The lowest BCUT2D eigenvalue weighted by Gasteiger charge is -2.19. The highest BCUT2D eigenvalue weighted by atomic mass is 16.5. The Bertz CT molecular complexity index is 541. The number of carboxylic acid groups (broad SMARTS) is 1. The van der Waals surface area contributed by atoms with E-state index in [1.165, 1.54) is 13.2 Å². The van der Waals surface area contributed by atoms with Crippen molar-refractivity contribution in [3.63, 3.8) is 0 Å². The van der Waals surface area contributed by atoms with Crippen molar-refractivity contribution in [1.29, 1.82) is 0 Å². The Morgan fingerprint density at radius 2 is 1.95 bits per heavy atom. The number of primary amides is 1. The van der Waals surface area contributed by atoms with Crippen molar-refractivity contribution in [3.05, 3.63) is 29.8 Å². The Morgan fingerprint density at radius 1 is 1.29 bits per heavy atom. The summed E-state index contributed by atoms with van der Waals surface area (Å²) in [6, 6.07) is 6.44. The largest absolute Gasteiger partial charge is 0.497 e. The standard InChI is InChI=1S/C15H19NO5/c1-3-11(14(16)18)12(15(19)20)8-13(17)9-5-4-6-10(7-9)21-2/h4-7,11-12H,3,8H2,1-2H3,(H2,16,18)(H,19,20). The number of nitrogens with two attached hydrogens (primary N) is 1. The molecule has 2 atom stereocenters. The van der Waals surface area contributed by atoms with Crippen molar-refractivity contribution in [3.8, 4) is 5.75 Å². The van der Waals surface area contributed by atoms with Crippen LogP contribution in [0.3, 0.4) is 0 Å². The molecule has 0 aliphatic heterocycles. The van der Waals surface area contributed by atoms with Crippen LogP contribution in [0.4, 0.5) is 0 Å². The summed E-state index contributed by atoms with van der Waals surface area (Å²) in [4.78, 5) is 34.8. The number of carbonyl (C=O) groups is 3. The van der Waals surface area contributed by atoms with Gasteiger partial charge in [-0.05, 0) is 18.6 Å². The maximum absolute atomic E-state index is 12.2. The van der Waals surface area contributed by atoms with E-state index < -0.39 is 23.7 Å². The highest BCUT2D eigenvalue weighted by Gasteiger charge is 2.33. The van der Waals surface area contributed by atoms with Gasteiger partial charge in [0.25, 0.3) is 0 Å². The molecule has 0 saturated heterocycles. The SMILES string of the molecule is CCC(C(N)=O)C(CC(=O)c1cccc(OC)c1)C(=O)O. The number of methoxy groups -OCH3 is 1. The predicted molar refractivity (Wildman–Crippen MR) is 76.0 cm³/mol. The molecule has 1 aromatic rings. The van der Waals surface area contributed by atoms with Crippen molar-refractivity contribution in [1.82, 2.24) is 0 Å². The van der Waals surface area contributed by atoms with Gasteiger partial charge in [-0.15, -0.1) is 0 Å². The molecule has 0 fully saturated rings. The highest BCUT2D eigenvalue weighted by Crippen LogP contribution is 2.23. The zero-order chi connectivity index (χ0) is 16.0. The number of Topliss-reactive ketones (excluding diaryl/α,β-unsaturated/α-hetero) is 1. The highest BCUT2D eigenvalue weighted by molar-refractivity contribution is 5.99. The first-order chi connectivity index (χ1) is 9.90. The first kappa shape index (κ1) is 16.7. The van der Waals surface area contributed by atoms with Gasteiger partial charge in [-0.2, -0.15) is 0 Å². The second kappa shape index (κ2) is 7.42. The van der Waals surface area contributed by atoms with Crippen LogP contribution >= 0.6 is 0 Å². The quantitative estimate of drug-likeness (QED) is 0.706. The van der Waals surface area contributed by atoms with Gasteiger partial charge in [0.15, 0.2) is 5.78 Å². The van der Waals surface area contributed by atoms with Crippen LogP contribution < -0.4 is 10.5 Å². The fourth-order valence-corrected chi connectivity index (χ4v) is 2.20. The number of carbonyl (C=O) groups excluding carboxylic acids is 2. The third-order valence-corrected chi connectivity index (χ3v) is 3.41. The van der Waals surface area contributed by atoms with Gasteiger partial charge < -0.3 is 15.6 Å². The van der Waals surface area contributed by atoms with Gasteiger partial charge >= 0.3 is 5.97 Å². The predicted octanol–water partition coefficient (Wildman–Crippen LogP) is 1.48. The smallest absolute Gasteiger partial charge is 0.307 e. The molecule has 1 aromatic carbocycles. The summed E-state index contributed by atoms with van der Waals surface area (Å²) in [6.07, 6.45) is 0.00163. The molecule has 0 aromatic heterocycles. The van der Waals surface area contributed by atoms with Crippen LogP contribution in [-0.2, 0) is 9.59 Å². The number of aliphatic carboxylic acids is 1. The lowest BCUT2D eigenvalue weighted by atomic mass is 9.84. The Hall–Kier alpha value is -2.37. The Morgan fingerprint density at radius 3 is 2.43 bits per heavy atom. The maximum atomic E-state index is 12.2. The van der Waals surface area contributed by atoms with E-state index in [0.29, 0.717) is 11.3 Å². The summed E-state index contributed by atoms with van der Waals surface area (Å²) in [7, 11) is 1.48. The molecule has 1 rings (SSSR count). The van der Waals surface area contributed by atoms with E-state index in [-0.39, 0.29) is 18.6 Å². The number of benzene rings is 1. The molecule has 21 heavy (non-hydrogen) atoms. The summed E-state index contributed by atoms with van der Waals surface area (Å²) in [5.41, 5.74) is 5.56. The topological polar surface area (TPSA) is 107 Å². The van der Waals surface area contributed by atoms with Gasteiger partial charge in [-0.25, -0.2) is 0 Å². The molecule has 0 radical (unpaired) electrons. The second-order valence-electron chi connectivity index (χ2n) is 4.72. The third kappa shape index (κ3) is 4.30. The van der Waals surface area contributed by atoms with Gasteiger partial charge in [0.1, 0.15) is 5.75 Å². The van der Waals surface area contributed by atoms with E-state index in [0.717, 1.165) is 0 Å². The number of carboxylic acids is 1. The van der Waals surface area contributed by atoms with Gasteiger partial charge in [-0.3, -0.25) is 14.4 Å². The maximum Gasteiger partial charge on any atom is 0.307 e. The van der Waals surface area contributed by atoms with Gasteiger partial charge in [0.2, 0.25) is 5.91 Å². The summed E-state index contributed by atoms with van der Waals surface area (Å²) in [5.74, 6) is -3.74. The van der Waals surface area contributed by atoms with E-state index in [1.54, 1.807) is 25.1 Å². The minimum Gasteiger partial charge on any atom is -0.497 e. The molecular weight excluding hydrogens is 274 g/mol. The number of amides is 1. The third-order valence-electron chi connectivity index (χ3n) is 3.41. The van der Waals surface area contributed by atoms with Gasteiger partial charge in [0.05, 0.1) is 18.9 Å². The molecule has 6 heteroatoms. The first-order valence-corrected chi connectivity index (χ1v) is 6.60. The molecule has 1 amide bonds. The summed E-state index contributed by atoms with van der Waals surface area (Å²) >= 11 is 0. The Labute approximate surface area is 122 Å². The average molecular weight is 293 g/mol. The van der Waals surface area contributed by atoms with Crippen molar-refractivity contribution in [2.24, 2.45) is 17.6 Å². The van der Waals surface area contributed by atoms with E-state index in [2.05, 4.69) is 0 Å². The van der Waals surface area contributed by atoms with Crippen LogP contribution in [0.2, 0.25) is 0 Å². The molecule has 0 spiro atoms. The average Bonchev–Trinajstić information content (AvgIpc) is 2.46. The number of ether oxygens (including phenoxy) is 1. The molecule has 114 valence electrons. The Balaban J connectivity index is 2.95. The van der Waals surface area contributed by atoms with Crippen LogP contribution in [0.25, 0.3) is 0 Å². The number of ketones is 1. The van der Waals surface area contributed by atoms with Crippen molar-refractivity contribution < 1.29 is 24.2 Å². The van der Waals surface area contributed by atoms with Crippen LogP contribution in [0.1, 0.15) is 30.1 Å². The molecule has 0 saturated carbocycles. The Kier molecular flexibility index (Phi) is 5.90. The first-order valence-electron chi connectivity index (χ1n) is 6.60. The van der Waals surface area contributed by atoms with E-state index in [9.17, 15) is 19.5 Å². The molecule has 6 nitrogen and oxygen atoms in total. The minimum absolute atomic E-state index is 0.274. The monoisotopic (exact) mass is 293 g/mol. The second-order valence-corrected chi connectivity index (χ2v) is 4.72. The number of hydrogen-bond donors (Lipinski definition) is 2. The number of rotatable bonds is 8. The van der Waals surface area contributed by atoms with Gasteiger partial charge in [0, 0.05) is 12.0 Å². The van der Waals surface area contributed by atoms with E-state index in [4.69, 9.17) is 10.5 Å². The lowest BCUT2D eigenvalue weighted by molar-refractivity contribution is -0.146. The lowest BCUT2D eigenvalue weighted by Crippen LogP contribution is -2.35. The van der Waals surface area contributed by atoms with Crippen molar-refractivity contribution in [2.75, 3.05) is 7.11 Å². The van der Waals surface area contributed by atoms with Crippen molar-refractivity contribution >= 4 is 17.7 Å². The minimum atomic E-state index is -1.20. The van der Waals surface area contributed by atoms with Crippen LogP contribution in [0.5, 0.6) is 5.75 Å². The summed E-state index contributed by atoms with van der Waals surface area (Å²) in [6.45, 7) is 1.67. The van der Waals surface area contributed by atoms with Gasteiger partial charge in [-0.1, -0.05) is 19.1 Å². The zero-order valence-corrected chi connectivity index (χ0v) is 12.0. The van der Waals surface area contributed by atoms with E-state index in [1.807, 2.05) is 0 Å². The number of hydrogen-bond acceptors (Lipinski definition) is 4. The van der Waals surface area contributed by atoms with Crippen LogP contribution in [-0.4, -0.2) is 29.9 Å². The fourth-order valence-electron chi connectivity index (χ4n) is 2.20. The van der Waals surface area contributed by atoms with E-state index >= 15 is 0 Å².